The Morgan fingerprint density at radius 3 is 1.96 bits per heavy atom. The van der Waals surface area contributed by atoms with Gasteiger partial charge in [0.15, 0.2) is 21.2 Å². The van der Waals surface area contributed by atoms with Crippen LogP contribution >= 0.6 is 46.4 Å². The molecule has 0 aliphatic carbocycles. The molecule has 23 nitrogen and oxygen atoms in total. The summed E-state index contributed by atoms with van der Waals surface area (Å²) < 4.78 is 55.8. The molecule has 0 saturated carbocycles. The third-order valence-corrected chi connectivity index (χ3v) is 16.9. The van der Waals surface area contributed by atoms with Crippen LogP contribution in [-0.2, 0) is 81.0 Å². The average Bonchev–Trinajstić information content (AvgIpc) is 1.67. The molecule has 0 bridgehead atoms. The quantitative estimate of drug-likeness (QED) is 0.0459. The van der Waals surface area contributed by atoms with Crippen molar-refractivity contribution in [3.05, 3.63) is 136 Å². The molecule has 28 heteroatoms. The van der Waals surface area contributed by atoms with E-state index in [1.165, 1.54) is 40.6 Å². The first-order valence-electron chi connectivity index (χ1n) is 29.8. The zero-order valence-corrected chi connectivity index (χ0v) is 57.8. The van der Waals surface area contributed by atoms with Gasteiger partial charge in [-0.2, -0.15) is 10.2 Å². The van der Waals surface area contributed by atoms with Gasteiger partial charge in [0.2, 0.25) is 11.8 Å². The largest absolute Gasteiger partial charge is 0.493 e. The van der Waals surface area contributed by atoms with E-state index in [2.05, 4.69) is 48.3 Å². The molecule has 0 fully saturated rings. The number of anilines is 1. The van der Waals surface area contributed by atoms with E-state index in [1.807, 2.05) is 20.8 Å². The summed E-state index contributed by atoms with van der Waals surface area (Å²) in [4.78, 5) is 79.0. The van der Waals surface area contributed by atoms with Crippen LogP contribution in [0.5, 0.6) is 17.5 Å². The van der Waals surface area contributed by atoms with Crippen LogP contribution in [0.3, 0.4) is 0 Å². The predicted octanol–water partition coefficient (Wildman–Crippen LogP) is 11.6. The lowest BCUT2D eigenvalue weighted by Crippen LogP contribution is -2.48. The van der Waals surface area contributed by atoms with Crippen molar-refractivity contribution < 1.29 is 71.1 Å². The minimum absolute atomic E-state index is 0.0493. The van der Waals surface area contributed by atoms with Gasteiger partial charge in [-0.1, -0.05) is 83.1 Å². The highest BCUT2D eigenvalue weighted by molar-refractivity contribution is 7.90. The Morgan fingerprint density at radius 1 is 0.796 bits per heavy atom. The number of carboxylic acid groups (broad SMARTS) is 1. The van der Waals surface area contributed by atoms with Crippen molar-refractivity contribution in [1.29, 1.82) is 0 Å². The summed E-state index contributed by atoms with van der Waals surface area (Å²) >= 11 is 23.7. The number of oxime groups is 1. The molecular formula is C65H77Cl4N7O16S. The fourth-order valence-electron chi connectivity index (χ4n) is 10.0. The van der Waals surface area contributed by atoms with E-state index in [0.29, 0.717) is 112 Å². The molecule has 0 saturated heterocycles. The molecule has 2 N–H and O–H groups in total. The molecule has 502 valence electrons. The van der Waals surface area contributed by atoms with Crippen LogP contribution in [0.1, 0.15) is 125 Å². The van der Waals surface area contributed by atoms with Gasteiger partial charge in [0.1, 0.15) is 29.2 Å². The number of hydrazone groups is 1. The van der Waals surface area contributed by atoms with Crippen molar-refractivity contribution in [1.82, 2.24) is 19.1 Å². The molecule has 93 heavy (non-hydrogen) atoms. The van der Waals surface area contributed by atoms with E-state index in [4.69, 9.17) is 80.0 Å². The average molecular weight is 1390 g/mol. The van der Waals surface area contributed by atoms with Crippen molar-refractivity contribution in [2.24, 2.45) is 22.7 Å². The second kappa shape index (κ2) is 32.4. The molecule has 9 rings (SSSR count). The molecule has 0 spiro atoms. The topological polar surface area (TPSA) is 288 Å². The van der Waals surface area contributed by atoms with Crippen molar-refractivity contribution >= 4 is 103 Å². The third kappa shape index (κ3) is 18.1. The predicted molar refractivity (Wildman–Crippen MR) is 355 cm³/mol. The molecule has 1 unspecified atom stereocenters. The summed E-state index contributed by atoms with van der Waals surface area (Å²) in [6.45, 7) is 21.4. The number of aliphatic carboxylic acids is 1. The maximum atomic E-state index is 13.5. The van der Waals surface area contributed by atoms with Crippen LogP contribution < -0.4 is 20.0 Å². The number of fused-ring (bicyclic) bond motifs is 1. The maximum absolute atomic E-state index is 13.5. The highest BCUT2D eigenvalue weighted by Crippen LogP contribution is 2.40. The molecule has 3 aliphatic heterocycles. The van der Waals surface area contributed by atoms with E-state index in [0.717, 1.165) is 35.8 Å². The number of esters is 3. The molecule has 5 heterocycles. The Hall–Kier alpha value is -7.74. The molecule has 6 aromatic rings. The molecule has 3 aliphatic rings. The third-order valence-electron chi connectivity index (χ3n) is 14.7. The van der Waals surface area contributed by atoms with Gasteiger partial charge in [0.25, 0.3) is 5.56 Å². The van der Waals surface area contributed by atoms with Crippen molar-refractivity contribution in [2.45, 2.75) is 131 Å². The maximum Gasteiger partial charge on any atom is 0.354 e. The summed E-state index contributed by atoms with van der Waals surface area (Å²) in [5.41, 5.74) is 5.05. The fourth-order valence-corrected chi connectivity index (χ4v) is 11.9. The molecule has 0 amide bonds. The number of hydrogen-bond acceptors (Lipinski definition) is 19. The van der Waals surface area contributed by atoms with E-state index < -0.39 is 44.5 Å². The van der Waals surface area contributed by atoms with E-state index in [9.17, 15) is 42.3 Å². The summed E-state index contributed by atoms with van der Waals surface area (Å²) in [6.07, 6.45) is 5.03. The number of ether oxygens (including phenoxy) is 5. The van der Waals surface area contributed by atoms with Crippen LogP contribution in [0.25, 0.3) is 11.1 Å². The van der Waals surface area contributed by atoms with Crippen LogP contribution in [0.15, 0.2) is 86.8 Å². The second-order valence-electron chi connectivity index (χ2n) is 22.8. The van der Waals surface area contributed by atoms with Gasteiger partial charge in [-0.3, -0.25) is 19.2 Å². The number of ketones is 1. The number of rotatable bonds is 18. The SMILES string of the molecule is CCOC(=O)C1=NN(c2ccc(Cl)cc2Cl)C(C)(C(=O)OCC)C1.CCc1cc(C)cc(CC)c1-c1c(OC(=O)C(C)(C)C)n2n(c1=O)CCOCC2.Cc1c(C(=O)c2cnn(C)c2O)ccc(S(C)(=O)=O)c1C1=NOCC1.O=C(O)CCCOc1ccc(Cl)cc1Cl. The lowest BCUT2D eigenvalue weighted by atomic mass is 9.91. The number of aromatic hydroxyl groups is 1. The Labute approximate surface area is 559 Å². The number of carboxylic acids is 1. The Kier molecular flexibility index (Phi) is 25.9. The monoisotopic (exact) mass is 1380 g/mol. The number of hydrogen-bond donors (Lipinski definition) is 2. The number of sulfone groups is 1. The van der Waals surface area contributed by atoms with Crippen molar-refractivity contribution in [2.75, 3.05) is 50.9 Å². The molecule has 1 atom stereocenters. The Bertz CT molecular complexity index is 4000. The molecule has 2 aromatic heterocycles. The van der Waals surface area contributed by atoms with Gasteiger partial charge < -0.3 is 38.7 Å². The molecular weight excluding hydrogens is 1310 g/mol. The van der Waals surface area contributed by atoms with Gasteiger partial charge >= 0.3 is 23.9 Å². The Balaban J connectivity index is 0.000000201. The summed E-state index contributed by atoms with van der Waals surface area (Å²) in [7, 11) is -2.00. The van der Waals surface area contributed by atoms with Crippen LogP contribution in [0.2, 0.25) is 20.1 Å². The number of nitrogens with zero attached hydrogens (tertiary/aromatic N) is 7. The van der Waals surface area contributed by atoms with Gasteiger partial charge in [0, 0.05) is 53.7 Å². The van der Waals surface area contributed by atoms with Crippen molar-refractivity contribution in [3.8, 4) is 28.6 Å². The number of aromatic nitrogens is 4. The summed E-state index contributed by atoms with van der Waals surface area (Å²) in [5, 5.41) is 33.5. The van der Waals surface area contributed by atoms with E-state index >= 15 is 0 Å². The summed E-state index contributed by atoms with van der Waals surface area (Å²) in [5.74, 6) is -2.09. The zero-order chi connectivity index (χ0) is 68.9. The Morgan fingerprint density at radius 2 is 1.42 bits per heavy atom. The standard InChI is InChI=1S/C23H32N2O4.C16H18Cl2N2O4.C16H17N3O5S.C10H10Cl2O3/c1-7-16-13-15(3)14-17(8-2)18(16)19-20(26)24-9-11-28-12-10-25(24)21(19)29-22(27)23(4,5)6;1-4-23-14(21)12-9-16(3,15(22)24-5-2)20(19-12)13-7-6-10(17)8-11(13)18;1-9-10(15(20)11-8-17-19(2)16(11)21)4-5-13(25(3,22)23)14(9)12-6-7-24-18-12;11-7-3-4-9(8(12)6-7)15-5-1-2-10(13)14/h13-14H,7-12H2,1-6H3;6-8H,4-5,9H2,1-3H3;4-5,8,21H,6-7H2,1-3H3;3-4,6H,1-2,5H2,(H,13,14). The summed E-state index contributed by atoms with van der Waals surface area (Å²) in [6, 6.07) is 16.8. The van der Waals surface area contributed by atoms with E-state index in [-0.39, 0.29) is 65.2 Å². The van der Waals surface area contributed by atoms with Gasteiger partial charge in [0.05, 0.1) is 84.1 Å². The smallest absolute Gasteiger partial charge is 0.354 e. The first kappa shape index (κ1) is 74.3. The number of carbonyl (C=O) groups is 5. The minimum atomic E-state index is -3.52. The first-order chi connectivity index (χ1) is 43.8. The van der Waals surface area contributed by atoms with Crippen LogP contribution in [0.4, 0.5) is 5.69 Å². The van der Waals surface area contributed by atoms with Gasteiger partial charge in [-0.15, -0.1) is 0 Å². The number of benzene rings is 4. The van der Waals surface area contributed by atoms with E-state index in [1.54, 1.807) is 73.5 Å². The lowest BCUT2D eigenvalue weighted by Gasteiger charge is -2.32. The first-order valence-corrected chi connectivity index (χ1v) is 33.2. The highest BCUT2D eigenvalue weighted by Gasteiger charge is 2.50. The highest BCUT2D eigenvalue weighted by atomic mass is 35.5. The van der Waals surface area contributed by atoms with Crippen LogP contribution in [0, 0.1) is 19.3 Å². The fraction of sp³-hybridized carbons (Fsp3) is 0.431. The normalized spacial score (nSPS) is 15.1. The number of aryl methyl sites for hydroxylation is 4. The molecule has 0 radical (unpaired) electrons. The minimum Gasteiger partial charge on any atom is -0.493 e. The number of carbonyl (C=O) groups excluding carboxylic acids is 4. The van der Waals surface area contributed by atoms with Crippen LogP contribution in [-0.4, -0.2) is 130 Å². The second-order valence-corrected chi connectivity index (χ2v) is 26.4. The lowest BCUT2D eigenvalue weighted by molar-refractivity contribution is -0.148. The van der Waals surface area contributed by atoms with Gasteiger partial charge in [-0.05, 0) is 145 Å². The zero-order valence-electron chi connectivity index (χ0n) is 53.9. The van der Waals surface area contributed by atoms with Crippen molar-refractivity contribution in [3.63, 3.8) is 0 Å². The van der Waals surface area contributed by atoms with Gasteiger partial charge in [-0.25, -0.2) is 37.1 Å². The number of halogens is 4. The molecule has 4 aromatic carbocycles.